The maximum Gasteiger partial charge on any atom is 0.111 e. The summed E-state index contributed by atoms with van der Waals surface area (Å²) in [6.45, 7) is 2.08. The molecule has 0 N–H and O–H groups in total. The fourth-order valence-corrected chi connectivity index (χ4v) is 8.01. The van der Waals surface area contributed by atoms with Gasteiger partial charge >= 0.3 is 0 Å². The van der Waals surface area contributed by atoms with Crippen LogP contribution in [-0.4, -0.2) is 9.55 Å². The van der Waals surface area contributed by atoms with Crippen LogP contribution in [0.25, 0.3) is 93.5 Å². The van der Waals surface area contributed by atoms with Gasteiger partial charge in [0, 0.05) is 5.69 Å². The minimum atomic E-state index is 0.989. The first kappa shape index (κ1) is 25.3. The van der Waals surface area contributed by atoms with Crippen LogP contribution in [0.1, 0.15) is 5.82 Å². The predicted molar refractivity (Wildman–Crippen MR) is 194 cm³/mol. The lowest BCUT2D eigenvalue weighted by atomic mass is 9.84. The molecule has 2 nitrogen and oxygen atoms in total. The highest BCUT2D eigenvalue weighted by atomic mass is 15.1. The number of nitrogens with zero attached hydrogens (tertiary/aromatic N) is 2. The SMILES string of the molecule is Cc1nc2ccccc2n1-c1ccc(-c2c3ccccc3c(-c3ccc4c5c(cccc35)-c3ccccc3-4)c3ccccc23)cc1. The molecular formula is C44H28N2. The van der Waals surface area contributed by atoms with Gasteiger partial charge in [0.25, 0.3) is 0 Å². The minimum Gasteiger partial charge on any atom is -0.297 e. The fraction of sp³-hybridized carbons (Fsp3) is 0.0227. The van der Waals surface area contributed by atoms with Gasteiger partial charge in [-0.25, -0.2) is 4.98 Å². The summed E-state index contributed by atoms with van der Waals surface area (Å²) in [4.78, 5) is 4.80. The van der Waals surface area contributed by atoms with E-state index in [4.69, 9.17) is 4.98 Å². The number of imidazole rings is 1. The van der Waals surface area contributed by atoms with Crippen LogP contribution in [0.5, 0.6) is 0 Å². The van der Waals surface area contributed by atoms with Crippen molar-refractivity contribution in [3.05, 3.63) is 157 Å². The van der Waals surface area contributed by atoms with Gasteiger partial charge in [-0.05, 0) is 108 Å². The van der Waals surface area contributed by atoms with E-state index in [0.29, 0.717) is 0 Å². The van der Waals surface area contributed by atoms with Crippen LogP contribution in [-0.2, 0) is 0 Å². The molecule has 0 radical (unpaired) electrons. The predicted octanol–water partition coefficient (Wildman–Crippen LogP) is 11.8. The Morgan fingerprint density at radius 1 is 0.413 bits per heavy atom. The minimum absolute atomic E-state index is 0.989. The molecule has 1 aliphatic carbocycles. The monoisotopic (exact) mass is 584 g/mol. The number of aromatic nitrogens is 2. The summed E-state index contributed by atoms with van der Waals surface area (Å²) < 4.78 is 2.24. The van der Waals surface area contributed by atoms with Gasteiger partial charge in [0.2, 0.25) is 0 Å². The van der Waals surface area contributed by atoms with Crippen LogP contribution in [0.2, 0.25) is 0 Å². The molecule has 10 rings (SSSR count). The van der Waals surface area contributed by atoms with Gasteiger partial charge in [0.15, 0.2) is 0 Å². The topological polar surface area (TPSA) is 17.8 Å². The van der Waals surface area contributed by atoms with Crippen molar-refractivity contribution in [2.24, 2.45) is 0 Å². The van der Waals surface area contributed by atoms with Crippen molar-refractivity contribution in [3.8, 4) is 50.2 Å². The number of aryl methyl sites for hydroxylation is 1. The van der Waals surface area contributed by atoms with E-state index in [1.807, 2.05) is 6.07 Å². The first-order chi connectivity index (χ1) is 22.8. The zero-order valence-electron chi connectivity index (χ0n) is 25.3. The molecule has 1 heterocycles. The van der Waals surface area contributed by atoms with Crippen molar-refractivity contribution < 1.29 is 0 Å². The largest absolute Gasteiger partial charge is 0.297 e. The number of para-hydroxylation sites is 2. The summed E-state index contributed by atoms with van der Waals surface area (Å²) in [5.74, 6) is 0.989. The van der Waals surface area contributed by atoms with E-state index in [1.165, 1.54) is 76.8 Å². The van der Waals surface area contributed by atoms with Crippen molar-refractivity contribution >= 4 is 43.4 Å². The highest BCUT2D eigenvalue weighted by molar-refractivity contribution is 6.26. The molecule has 0 saturated heterocycles. The second-order valence-electron chi connectivity index (χ2n) is 12.3. The Labute approximate surface area is 266 Å². The number of hydrogen-bond donors (Lipinski definition) is 0. The first-order valence-corrected chi connectivity index (χ1v) is 15.9. The molecule has 46 heavy (non-hydrogen) atoms. The summed E-state index contributed by atoms with van der Waals surface area (Å²) in [5, 5.41) is 7.73. The molecule has 2 heteroatoms. The molecule has 9 aromatic rings. The highest BCUT2D eigenvalue weighted by Gasteiger charge is 2.24. The van der Waals surface area contributed by atoms with E-state index in [-0.39, 0.29) is 0 Å². The quantitative estimate of drug-likeness (QED) is 0.189. The second kappa shape index (κ2) is 9.50. The van der Waals surface area contributed by atoms with Gasteiger partial charge in [0.1, 0.15) is 5.82 Å². The summed E-state index contributed by atoms with van der Waals surface area (Å²) in [5.41, 5.74) is 13.6. The van der Waals surface area contributed by atoms with Crippen LogP contribution >= 0.6 is 0 Å². The summed E-state index contributed by atoms with van der Waals surface area (Å²) >= 11 is 0. The molecule has 8 aromatic carbocycles. The Bertz CT molecular complexity index is 2610. The van der Waals surface area contributed by atoms with Crippen LogP contribution < -0.4 is 0 Å². The Morgan fingerprint density at radius 3 is 1.63 bits per heavy atom. The zero-order chi connectivity index (χ0) is 30.4. The number of benzene rings is 8. The lowest BCUT2D eigenvalue weighted by Gasteiger charge is -2.19. The third-order valence-electron chi connectivity index (χ3n) is 9.89. The molecule has 1 aromatic heterocycles. The molecule has 1 aliphatic rings. The van der Waals surface area contributed by atoms with Crippen molar-refractivity contribution in [3.63, 3.8) is 0 Å². The number of rotatable bonds is 3. The molecule has 0 spiro atoms. The Kier molecular flexibility index (Phi) is 5.24. The normalized spacial score (nSPS) is 12.0. The van der Waals surface area contributed by atoms with Crippen molar-refractivity contribution in [1.29, 1.82) is 0 Å². The lowest BCUT2D eigenvalue weighted by Crippen LogP contribution is -1.97. The van der Waals surface area contributed by atoms with Crippen LogP contribution in [0.3, 0.4) is 0 Å². The van der Waals surface area contributed by atoms with E-state index >= 15 is 0 Å². The molecular weight excluding hydrogens is 556 g/mol. The van der Waals surface area contributed by atoms with Crippen molar-refractivity contribution in [2.75, 3.05) is 0 Å². The van der Waals surface area contributed by atoms with Gasteiger partial charge in [0.05, 0.1) is 11.0 Å². The Hall–Kier alpha value is -5.99. The maximum absolute atomic E-state index is 4.80. The zero-order valence-corrected chi connectivity index (χ0v) is 25.3. The standard InChI is InChI=1S/C44H28N2/c1-27-45-40-19-8-9-20-41(40)46(27)29-23-21-28(22-24-29)42-33-13-4-6-15-35(33)44(36-16-7-5-14-34(36)42)39-26-25-38-31-12-3-2-11-30(31)32-17-10-18-37(39)43(32)38/h2-26H,1H3. The molecule has 0 unspecified atom stereocenters. The van der Waals surface area contributed by atoms with Gasteiger partial charge in [-0.1, -0.05) is 127 Å². The molecule has 0 saturated carbocycles. The van der Waals surface area contributed by atoms with E-state index in [0.717, 1.165) is 22.5 Å². The van der Waals surface area contributed by atoms with Gasteiger partial charge in [-0.15, -0.1) is 0 Å². The van der Waals surface area contributed by atoms with Crippen LogP contribution in [0, 0.1) is 6.92 Å². The van der Waals surface area contributed by atoms with Crippen LogP contribution in [0.15, 0.2) is 152 Å². The molecule has 0 bridgehead atoms. The molecule has 0 aliphatic heterocycles. The third-order valence-corrected chi connectivity index (χ3v) is 9.89. The van der Waals surface area contributed by atoms with E-state index in [9.17, 15) is 0 Å². The van der Waals surface area contributed by atoms with E-state index in [1.54, 1.807) is 0 Å². The second-order valence-corrected chi connectivity index (χ2v) is 12.3. The summed E-state index contributed by atoms with van der Waals surface area (Å²) in [7, 11) is 0. The first-order valence-electron chi connectivity index (χ1n) is 15.9. The Morgan fingerprint density at radius 2 is 0.935 bits per heavy atom. The fourth-order valence-electron chi connectivity index (χ4n) is 8.01. The van der Waals surface area contributed by atoms with E-state index in [2.05, 4.69) is 157 Å². The highest BCUT2D eigenvalue weighted by Crippen LogP contribution is 2.51. The summed E-state index contributed by atoms with van der Waals surface area (Å²) in [6, 6.07) is 55.5. The lowest BCUT2D eigenvalue weighted by molar-refractivity contribution is 1.00. The molecule has 0 fully saturated rings. The van der Waals surface area contributed by atoms with Gasteiger partial charge < -0.3 is 0 Å². The van der Waals surface area contributed by atoms with Crippen molar-refractivity contribution in [1.82, 2.24) is 9.55 Å². The average molecular weight is 585 g/mol. The van der Waals surface area contributed by atoms with Gasteiger partial charge in [-0.2, -0.15) is 0 Å². The third kappa shape index (κ3) is 3.44. The molecule has 0 amide bonds. The van der Waals surface area contributed by atoms with Crippen LogP contribution in [0.4, 0.5) is 0 Å². The maximum atomic E-state index is 4.80. The number of fused-ring (bicyclic) bond motifs is 6. The number of hydrogen-bond acceptors (Lipinski definition) is 1. The molecule has 214 valence electrons. The van der Waals surface area contributed by atoms with Gasteiger partial charge in [-0.3, -0.25) is 4.57 Å². The molecule has 0 atom stereocenters. The summed E-state index contributed by atoms with van der Waals surface area (Å²) in [6.07, 6.45) is 0. The van der Waals surface area contributed by atoms with Crippen molar-refractivity contribution in [2.45, 2.75) is 6.92 Å². The Balaban J connectivity index is 1.22. The average Bonchev–Trinajstić information content (AvgIpc) is 3.62. The smallest absolute Gasteiger partial charge is 0.111 e. The van der Waals surface area contributed by atoms with E-state index < -0.39 is 0 Å².